The Labute approximate surface area is 108 Å². The van der Waals surface area contributed by atoms with Gasteiger partial charge in [0.15, 0.2) is 0 Å². The number of carbonyl (C=O) groups is 1. The summed E-state index contributed by atoms with van der Waals surface area (Å²) >= 11 is 0. The Balaban J connectivity index is 2.07. The van der Waals surface area contributed by atoms with Gasteiger partial charge in [0.1, 0.15) is 0 Å². The fraction of sp³-hybridized carbons (Fsp3) is 0.500. The molecular weight excluding hydrogens is 226 g/mol. The molecule has 0 aliphatic carbocycles. The molecule has 0 aromatic heterocycles. The summed E-state index contributed by atoms with van der Waals surface area (Å²) in [6.07, 6.45) is 0. The van der Waals surface area contributed by atoms with Gasteiger partial charge in [-0.2, -0.15) is 0 Å². The number of nitrogens with zero attached hydrogens (tertiary/aromatic N) is 1. The van der Waals surface area contributed by atoms with Gasteiger partial charge in [-0.3, -0.25) is 0 Å². The number of hydrogen-bond acceptors (Lipinski definition) is 2. The second kappa shape index (κ2) is 5.40. The van der Waals surface area contributed by atoms with E-state index >= 15 is 0 Å². The number of anilines is 1. The monoisotopic (exact) mass is 247 g/mol. The predicted molar refractivity (Wildman–Crippen MR) is 73.8 cm³/mol. The molecule has 1 aromatic carbocycles. The Morgan fingerprint density at radius 2 is 2.00 bits per heavy atom. The molecular formula is C14H21N3O. The second-order valence-corrected chi connectivity index (χ2v) is 5.06. The van der Waals surface area contributed by atoms with Gasteiger partial charge < -0.3 is 15.5 Å². The van der Waals surface area contributed by atoms with Gasteiger partial charge in [0.2, 0.25) is 0 Å². The van der Waals surface area contributed by atoms with Gasteiger partial charge >= 0.3 is 6.03 Å². The number of piperazine rings is 1. The largest absolute Gasteiger partial charge is 0.322 e. The number of carbonyl (C=O) groups excluding carboxylic acids is 1. The van der Waals surface area contributed by atoms with Crippen LogP contribution in [0.2, 0.25) is 0 Å². The summed E-state index contributed by atoms with van der Waals surface area (Å²) in [4.78, 5) is 14.2. The van der Waals surface area contributed by atoms with Crippen molar-refractivity contribution in [3.05, 3.63) is 29.8 Å². The first-order valence-corrected chi connectivity index (χ1v) is 6.44. The fourth-order valence-corrected chi connectivity index (χ4v) is 2.44. The zero-order valence-electron chi connectivity index (χ0n) is 11.2. The lowest BCUT2D eigenvalue weighted by molar-refractivity contribution is 0.143. The van der Waals surface area contributed by atoms with Crippen LogP contribution in [0.3, 0.4) is 0 Å². The minimum absolute atomic E-state index is 0.0119. The van der Waals surface area contributed by atoms with Crippen molar-refractivity contribution in [2.75, 3.05) is 18.4 Å². The predicted octanol–water partition coefficient (Wildman–Crippen LogP) is 2.21. The van der Waals surface area contributed by atoms with Gasteiger partial charge in [-0.15, -0.1) is 0 Å². The van der Waals surface area contributed by atoms with Crippen LogP contribution >= 0.6 is 0 Å². The van der Waals surface area contributed by atoms with E-state index in [-0.39, 0.29) is 18.1 Å². The first kappa shape index (κ1) is 12.9. The summed E-state index contributed by atoms with van der Waals surface area (Å²) in [5.41, 5.74) is 2.01. The minimum atomic E-state index is -0.0119. The molecule has 1 saturated heterocycles. The highest BCUT2D eigenvalue weighted by Crippen LogP contribution is 2.14. The zero-order chi connectivity index (χ0) is 13.1. The Kier molecular flexibility index (Phi) is 3.87. The molecule has 18 heavy (non-hydrogen) atoms. The van der Waals surface area contributed by atoms with Crippen LogP contribution < -0.4 is 10.6 Å². The van der Waals surface area contributed by atoms with Crippen molar-refractivity contribution >= 4 is 11.7 Å². The van der Waals surface area contributed by atoms with Crippen molar-refractivity contribution < 1.29 is 4.79 Å². The molecule has 2 N–H and O–H groups in total. The number of nitrogens with one attached hydrogen (secondary N) is 2. The first-order chi connectivity index (χ1) is 8.58. The molecule has 98 valence electrons. The number of rotatable bonds is 1. The molecule has 4 nitrogen and oxygen atoms in total. The highest BCUT2D eigenvalue weighted by molar-refractivity contribution is 5.89. The molecule has 2 amide bonds. The summed E-state index contributed by atoms with van der Waals surface area (Å²) in [7, 11) is 0. The van der Waals surface area contributed by atoms with Crippen LogP contribution in [0.4, 0.5) is 10.5 Å². The summed E-state index contributed by atoms with van der Waals surface area (Å²) in [5.74, 6) is 0. The first-order valence-electron chi connectivity index (χ1n) is 6.44. The third-order valence-corrected chi connectivity index (χ3v) is 3.33. The van der Waals surface area contributed by atoms with E-state index in [4.69, 9.17) is 0 Å². The molecule has 2 rings (SSSR count). The standard InChI is InChI=1S/C14H21N3O/c1-10-5-4-6-13(7-10)16-14(18)17-11(2)8-15-9-12(17)3/h4-7,11-12,15H,8-9H2,1-3H3,(H,16,18). The van der Waals surface area contributed by atoms with Crippen molar-refractivity contribution in [2.24, 2.45) is 0 Å². The lowest BCUT2D eigenvalue weighted by atomic mass is 10.1. The molecule has 1 aromatic rings. The van der Waals surface area contributed by atoms with Gasteiger partial charge in [0, 0.05) is 30.9 Å². The fourth-order valence-electron chi connectivity index (χ4n) is 2.44. The molecule has 0 spiro atoms. The molecule has 4 heteroatoms. The van der Waals surface area contributed by atoms with Gasteiger partial charge in [-0.1, -0.05) is 12.1 Å². The number of aryl methyl sites for hydroxylation is 1. The summed E-state index contributed by atoms with van der Waals surface area (Å²) in [6, 6.07) is 8.30. The van der Waals surface area contributed by atoms with Gasteiger partial charge in [-0.25, -0.2) is 4.79 Å². The minimum Gasteiger partial charge on any atom is -0.317 e. The van der Waals surface area contributed by atoms with Crippen LogP contribution in [0, 0.1) is 6.92 Å². The summed E-state index contributed by atoms with van der Waals surface area (Å²) < 4.78 is 0. The molecule has 0 bridgehead atoms. The molecule has 1 heterocycles. The third-order valence-electron chi connectivity index (χ3n) is 3.33. The van der Waals surface area contributed by atoms with Crippen LogP contribution in [0.1, 0.15) is 19.4 Å². The lowest BCUT2D eigenvalue weighted by Gasteiger charge is -2.39. The van der Waals surface area contributed by atoms with E-state index in [9.17, 15) is 4.79 Å². The summed E-state index contributed by atoms with van der Waals surface area (Å²) in [6.45, 7) is 7.86. The maximum absolute atomic E-state index is 12.3. The molecule has 0 radical (unpaired) electrons. The highest BCUT2D eigenvalue weighted by atomic mass is 16.2. The number of hydrogen-bond donors (Lipinski definition) is 2. The van der Waals surface area contributed by atoms with Gasteiger partial charge in [0.05, 0.1) is 0 Å². The van der Waals surface area contributed by atoms with E-state index in [1.54, 1.807) is 0 Å². The quantitative estimate of drug-likeness (QED) is 0.799. The SMILES string of the molecule is Cc1cccc(NC(=O)N2C(C)CNCC2C)c1. The lowest BCUT2D eigenvalue weighted by Crippen LogP contribution is -2.58. The smallest absolute Gasteiger partial charge is 0.317 e. The van der Waals surface area contributed by atoms with E-state index in [1.807, 2.05) is 36.1 Å². The average molecular weight is 247 g/mol. The Morgan fingerprint density at radius 3 is 2.61 bits per heavy atom. The number of benzene rings is 1. The second-order valence-electron chi connectivity index (χ2n) is 5.06. The van der Waals surface area contributed by atoms with Crippen LogP contribution in [-0.4, -0.2) is 36.1 Å². The molecule has 1 aliphatic rings. The molecule has 1 fully saturated rings. The molecule has 1 aliphatic heterocycles. The Morgan fingerprint density at radius 1 is 1.33 bits per heavy atom. The van der Waals surface area contributed by atoms with E-state index in [1.165, 1.54) is 0 Å². The van der Waals surface area contributed by atoms with Crippen molar-refractivity contribution in [3.8, 4) is 0 Å². The van der Waals surface area contributed by atoms with Crippen molar-refractivity contribution in [2.45, 2.75) is 32.9 Å². The van der Waals surface area contributed by atoms with Crippen LogP contribution in [0.15, 0.2) is 24.3 Å². The van der Waals surface area contributed by atoms with Gasteiger partial charge in [-0.05, 0) is 38.5 Å². The molecule has 0 saturated carbocycles. The average Bonchev–Trinajstić information content (AvgIpc) is 2.28. The third kappa shape index (κ3) is 2.82. The van der Waals surface area contributed by atoms with Crippen LogP contribution in [0.25, 0.3) is 0 Å². The van der Waals surface area contributed by atoms with Crippen LogP contribution in [0.5, 0.6) is 0 Å². The van der Waals surface area contributed by atoms with Crippen LogP contribution in [-0.2, 0) is 0 Å². The zero-order valence-corrected chi connectivity index (χ0v) is 11.2. The number of amides is 2. The van der Waals surface area contributed by atoms with E-state index < -0.39 is 0 Å². The maximum atomic E-state index is 12.3. The maximum Gasteiger partial charge on any atom is 0.322 e. The van der Waals surface area contributed by atoms with E-state index in [2.05, 4.69) is 24.5 Å². The van der Waals surface area contributed by atoms with Crippen molar-refractivity contribution in [1.29, 1.82) is 0 Å². The summed E-state index contributed by atoms with van der Waals surface area (Å²) in [5, 5.41) is 6.29. The normalized spacial score (nSPS) is 23.8. The number of urea groups is 1. The van der Waals surface area contributed by atoms with Gasteiger partial charge in [0.25, 0.3) is 0 Å². The highest BCUT2D eigenvalue weighted by Gasteiger charge is 2.28. The van der Waals surface area contributed by atoms with E-state index in [0.29, 0.717) is 0 Å². The Bertz CT molecular complexity index is 423. The van der Waals surface area contributed by atoms with Crippen molar-refractivity contribution in [1.82, 2.24) is 10.2 Å². The molecule has 2 unspecified atom stereocenters. The Hall–Kier alpha value is -1.55. The van der Waals surface area contributed by atoms with E-state index in [0.717, 1.165) is 24.3 Å². The topological polar surface area (TPSA) is 44.4 Å². The molecule has 2 atom stereocenters. The van der Waals surface area contributed by atoms with Crippen molar-refractivity contribution in [3.63, 3.8) is 0 Å².